The lowest BCUT2D eigenvalue weighted by Gasteiger charge is -2.03. The number of ether oxygens (including phenoxy) is 1. The Morgan fingerprint density at radius 1 is 1.62 bits per heavy atom. The molecule has 0 aliphatic rings. The highest BCUT2D eigenvalue weighted by Gasteiger charge is 2.20. The van der Waals surface area contributed by atoms with Crippen molar-refractivity contribution in [3.8, 4) is 6.07 Å². The summed E-state index contributed by atoms with van der Waals surface area (Å²) < 4.78 is 4.44. The number of nitrogens with zero attached hydrogens (tertiary/aromatic N) is 2. The minimum absolute atomic E-state index is 0.00407. The van der Waals surface area contributed by atoms with Crippen molar-refractivity contribution < 1.29 is 14.5 Å². The highest BCUT2D eigenvalue weighted by atomic mass is 32.1. The maximum atomic E-state index is 11.2. The summed E-state index contributed by atoms with van der Waals surface area (Å²) in [6.45, 7) is 0. The Morgan fingerprint density at radius 3 is 2.69 bits per heavy atom. The Hall–Kier alpha value is -2.07. The normalized spacial score (nSPS) is 9.31. The molecule has 0 saturated carbocycles. The van der Waals surface area contributed by atoms with Gasteiger partial charge in [0.1, 0.15) is 6.07 Å². The molecule has 82 valence electrons. The first-order chi connectivity index (χ1) is 7.51. The van der Waals surface area contributed by atoms with Crippen LogP contribution < -0.4 is 0 Å². The summed E-state index contributed by atoms with van der Waals surface area (Å²) in [7, 11) is 1.16. The molecule has 0 aliphatic carbocycles. The molecular formula is C9H6N2O4S. The van der Waals surface area contributed by atoms with Gasteiger partial charge >= 0.3 is 5.97 Å². The molecule has 0 aliphatic heterocycles. The second-order valence-corrected chi connectivity index (χ2v) is 3.23. The zero-order valence-electron chi connectivity index (χ0n) is 8.13. The fourth-order valence-corrected chi connectivity index (χ4v) is 1.37. The van der Waals surface area contributed by atoms with Crippen molar-refractivity contribution >= 4 is 24.3 Å². The Kier molecular flexibility index (Phi) is 3.48. The number of thiol groups is 1. The number of nitro benzene ring substituents is 1. The van der Waals surface area contributed by atoms with Crippen molar-refractivity contribution in [3.63, 3.8) is 0 Å². The molecule has 0 amide bonds. The quantitative estimate of drug-likeness (QED) is 0.365. The SMILES string of the molecule is COC(=O)c1cc(S)c([N+](=O)[O-])cc1C#N. The van der Waals surface area contributed by atoms with E-state index in [1.807, 2.05) is 0 Å². The highest BCUT2D eigenvalue weighted by Crippen LogP contribution is 2.26. The Bertz CT molecular complexity index is 507. The number of benzene rings is 1. The van der Waals surface area contributed by atoms with Crippen LogP contribution in [-0.2, 0) is 4.74 Å². The molecule has 1 aromatic carbocycles. The highest BCUT2D eigenvalue weighted by molar-refractivity contribution is 7.80. The molecule has 0 atom stereocenters. The van der Waals surface area contributed by atoms with Gasteiger partial charge in [0.2, 0.25) is 0 Å². The molecule has 1 aromatic rings. The molecular weight excluding hydrogens is 232 g/mol. The van der Waals surface area contributed by atoms with Crippen LogP contribution in [0.4, 0.5) is 5.69 Å². The van der Waals surface area contributed by atoms with E-state index in [1.54, 1.807) is 6.07 Å². The van der Waals surface area contributed by atoms with Gasteiger partial charge in [0.25, 0.3) is 5.69 Å². The van der Waals surface area contributed by atoms with Crippen LogP contribution in [0, 0.1) is 21.4 Å². The lowest BCUT2D eigenvalue weighted by atomic mass is 10.1. The molecule has 0 saturated heterocycles. The van der Waals surface area contributed by atoms with Gasteiger partial charge in [0.15, 0.2) is 0 Å². The summed E-state index contributed by atoms with van der Waals surface area (Å²) in [4.78, 5) is 21.1. The standard InChI is InChI=1S/C9H6N2O4S/c1-15-9(12)6-3-8(16)7(11(13)14)2-5(6)4-10/h2-3,16H,1H3. The predicted octanol–water partition coefficient (Wildman–Crippen LogP) is 1.54. The van der Waals surface area contributed by atoms with Gasteiger partial charge in [-0.05, 0) is 6.07 Å². The molecule has 7 heteroatoms. The number of rotatable bonds is 2. The lowest BCUT2D eigenvalue weighted by molar-refractivity contribution is -0.387. The molecule has 0 spiro atoms. The van der Waals surface area contributed by atoms with E-state index in [9.17, 15) is 14.9 Å². The topological polar surface area (TPSA) is 93.2 Å². The zero-order valence-corrected chi connectivity index (χ0v) is 9.02. The second kappa shape index (κ2) is 4.63. The van der Waals surface area contributed by atoms with Crippen LogP contribution in [0.3, 0.4) is 0 Å². The molecule has 0 radical (unpaired) electrons. The summed E-state index contributed by atoms with van der Waals surface area (Å²) >= 11 is 3.87. The first-order valence-electron chi connectivity index (χ1n) is 4.01. The molecule has 0 aromatic heterocycles. The van der Waals surface area contributed by atoms with Gasteiger partial charge in [0.05, 0.1) is 28.1 Å². The van der Waals surface area contributed by atoms with Gasteiger partial charge in [-0.25, -0.2) is 4.79 Å². The van der Waals surface area contributed by atoms with E-state index in [0.717, 1.165) is 19.2 Å². The van der Waals surface area contributed by atoms with Crippen molar-refractivity contribution in [1.29, 1.82) is 5.26 Å². The van der Waals surface area contributed by atoms with E-state index >= 15 is 0 Å². The summed E-state index contributed by atoms with van der Waals surface area (Å²) in [6, 6.07) is 3.83. The molecule has 0 heterocycles. The predicted molar refractivity (Wildman–Crippen MR) is 56.4 cm³/mol. The van der Waals surface area contributed by atoms with Gasteiger partial charge in [-0.1, -0.05) is 0 Å². The van der Waals surface area contributed by atoms with Gasteiger partial charge in [0, 0.05) is 6.07 Å². The molecule has 1 rings (SSSR count). The van der Waals surface area contributed by atoms with Crippen molar-refractivity contribution in [2.24, 2.45) is 0 Å². The number of hydrogen-bond acceptors (Lipinski definition) is 6. The lowest BCUT2D eigenvalue weighted by Crippen LogP contribution is -2.05. The fourth-order valence-electron chi connectivity index (χ4n) is 1.09. The van der Waals surface area contributed by atoms with Crippen LogP contribution in [0.5, 0.6) is 0 Å². The largest absolute Gasteiger partial charge is 0.465 e. The molecule has 6 nitrogen and oxygen atoms in total. The number of carbonyl (C=O) groups excluding carboxylic acids is 1. The molecule has 0 bridgehead atoms. The number of nitro groups is 1. The zero-order chi connectivity index (χ0) is 12.3. The molecule has 16 heavy (non-hydrogen) atoms. The van der Waals surface area contributed by atoms with Crippen molar-refractivity contribution in [2.75, 3.05) is 7.11 Å². The average Bonchev–Trinajstić information content (AvgIpc) is 2.27. The smallest absolute Gasteiger partial charge is 0.339 e. The van der Waals surface area contributed by atoms with E-state index in [4.69, 9.17) is 5.26 Å². The Balaban J connectivity index is 3.45. The molecule has 0 fully saturated rings. The van der Waals surface area contributed by atoms with Crippen LogP contribution >= 0.6 is 12.6 Å². The third-order valence-corrected chi connectivity index (χ3v) is 2.20. The van der Waals surface area contributed by atoms with Crippen molar-refractivity contribution in [3.05, 3.63) is 33.4 Å². The van der Waals surface area contributed by atoms with E-state index in [1.165, 1.54) is 0 Å². The third kappa shape index (κ3) is 2.12. The first-order valence-corrected chi connectivity index (χ1v) is 4.45. The third-order valence-electron chi connectivity index (χ3n) is 1.84. The monoisotopic (exact) mass is 238 g/mol. The summed E-state index contributed by atoms with van der Waals surface area (Å²) in [5, 5.41) is 19.3. The Labute approximate surface area is 96.0 Å². The summed E-state index contributed by atoms with van der Waals surface area (Å²) in [5.41, 5.74) is -0.482. The van der Waals surface area contributed by atoms with E-state index in [0.29, 0.717) is 0 Å². The van der Waals surface area contributed by atoms with E-state index in [-0.39, 0.29) is 21.7 Å². The van der Waals surface area contributed by atoms with Crippen LogP contribution in [0.2, 0.25) is 0 Å². The van der Waals surface area contributed by atoms with Gasteiger partial charge in [-0.2, -0.15) is 5.26 Å². The van der Waals surface area contributed by atoms with Crippen LogP contribution in [0.15, 0.2) is 17.0 Å². The van der Waals surface area contributed by atoms with Crippen LogP contribution in [-0.4, -0.2) is 18.0 Å². The van der Waals surface area contributed by atoms with Crippen molar-refractivity contribution in [2.45, 2.75) is 4.90 Å². The van der Waals surface area contributed by atoms with Crippen LogP contribution in [0.25, 0.3) is 0 Å². The second-order valence-electron chi connectivity index (χ2n) is 2.75. The number of methoxy groups -OCH3 is 1. The van der Waals surface area contributed by atoms with Crippen LogP contribution in [0.1, 0.15) is 15.9 Å². The van der Waals surface area contributed by atoms with Crippen molar-refractivity contribution in [1.82, 2.24) is 0 Å². The maximum absolute atomic E-state index is 11.2. The Morgan fingerprint density at radius 2 is 2.25 bits per heavy atom. The first kappa shape index (κ1) is 12.0. The number of hydrogen-bond donors (Lipinski definition) is 1. The van der Waals surface area contributed by atoms with E-state index in [2.05, 4.69) is 17.4 Å². The fraction of sp³-hybridized carbons (Fsp3) is 0.111. The molecule has 0 N–H and O–H groups in total. The van der Waals surface area contributed by atoms with E-state index < -0.39 is 10.9 Å². The number of carbonyl (C=O) groups is 1. The molecule has 0 unspecified atom stereocenters. The summed E-state index contributed by atoms with van der Waals surface area (Å²) in [6.07, 6.45) is 0. The average molecular weight is 238 g/mol. The number of nitriles is 1. The minimum Gasteiger partial charge on any atom is -0.465 e. The summed E-state index contributed by atoms with van der Waals surface area (Å²) in [5.74, 6) is -0.734. The van der Waals surface area contributed by atoms with Gasteiger partial charge in [-0.15, -0.1) is 12.6 Å². The van der Waals surface area contributed by atoms with Gasteiger partial charge in [-0.3, -0.25) is 10.1 Å². The van der Waals surface area contributed by atoms with Gasteiger partial charge < -0.3 is 4.74 Å². The maximum Gasteiger partial charge on any atom is 0.339 e. The number of esters is 1. The minimum atomic E-state index is -0.734.